The van der Waals surface area contributed by atoms with Gasteiger partial charge in [0.15, 0.2) is 0 Å². The smallest absolute Gasteiger partial charge is 0.142 e. The highest BCUT2D eigenvalue weighted by atomic mass is 79.9. The van der Waals surface area contributed by atoms with Crippen LogP contribution < -0.4 is 5.73 Å². The van der Waals surface area contributed by atoms with Crippen LogP contribution in [0, 0.1) is 11.3 Å². The van der Waals surface area contributed by atoms with E-state index in [4.69, 9.17) is 5.73 Å². The Morgan fingerprint density at radius 1 is 0.750 bits per heavy atom. The Kier molecular flexibility index (Phi) is 4.92. The Morgan fingerprint density at radius 2 is 1.32 bits per heavy atom. The Balaban J connectivity index is 1.80. The minimum absolute atomic E-state index is 0.241. The molecule has 0 radical (unpaired) electrons. The molecule has 3 aromatic carbocycles. The first-order chi connectivity index (χ1) is 13.7. The first-order valence-electron chi connectivity index (χ1n) is 8.78. The summed E-state index contributed by atoms with van der Waals surface area (Å²) >= 11 is 3.44. The molecular formula is C24H16BrN3. The third kappa shape index (κ3) is 3.53. The summed E-state index contributed by atoms with van der Waals surface area (Å²) in [5.41, 5.74) is 12.2. The van der Waals surface area contributed by atoms with Gasteiger partial charge >= 0.3 is 0 Å². The fraction of sp³-hybridized carbons (Fsp3) is 0. The first kappa shape index (κ1) is 18.0. The molecule has 28 heavy (non-hydrogen) atoms. The fourth-order valence-corrected chi connectivity index (χ4v) is 3.42. The summed E-state index contributed by atoms with van der Waals surface area (Å²) in [6, 6.07) is 30.3. The van der Waals surface area contributed by atoms with E-state index < -0.39 is 0 Å². The monoisotopic (exact) mass is 425 g/mol. The number of nitriles is 1. The average Bonchev–Trinajstić information content (AvgIpc) is 2.74. The predicted molar refractivity (Wildman–Crippen MR) is 117 cm³/mol. The van der Waals surface area contributed by atoms with Crippen molar-refractivity contribution < 1.29 is 0 Å². The van der Waals surface area contributed by atoms with Crippen molar-refractivity contribution in [1.29, 1.82) is 5.26 Å². The number of nitrogens with zero attached hydrogens (tertiary/aromatic N) is 2. The molecule has 1 aromatic heterocycles. The highest BCUT2D eigenvalue weighted by molar-refractivity contribution is 9.10. The van der Waals surface area contributed by atoms with Gasteiger partial charge in [-0.25, -0.2) is 4.98 Å². The van der Waals surface area contributed by atoms with Crippen molar-refractivity contribution in [3.8, 4) is 39.6 Å². The second kappa shape index (κ2) is 7.67. The standard InChI is InChI=1S/C24H16BrN3/c25-20-12-10-19(11-13-20)23-14-21(22(15-26)24(27)28-23)18-8-6-17(7-9-18)16-4-2-1-3-5-16/h1-14H,(H2,27,28). The number of nitrogens with two attached hydrogens (primary N) is 1. The van der Waals surface area contributed by atoms with Gasteiger partial charge in [0.05, 0.1) is 5.69 Å². The molecular weight excluding hydrogens is 410 g/mol. The molecule has 1 heterocycles. The van der Waals surface area contributed by atoms with Crippen molar-refractivity contribution in [2.75, 3.05) is 5.73 Å². The van der Waals surface area contributed by atoms with Gasteiger partial charge in [-0.15, -0.1) is 0 Å². The van der Waals surface area contributed by atoms with E-state index in [1.54, 1.807) is 0 Å². The molecule has 0 saturated heterocycles. The number of benzene rings is 3. The summed E-state index contributed by atoms with van der Waals surface area (Å²) in [5.74, 6) is 0.241. The summed E-state index contributed by atoms with van der Waals surface area (Å²) in [4.78, 5) is 4.44. The number of hydrogen-bond acceptors (Lipinski definition) is 3. The van der Waals surface area contributed by atoms with Gasteiger partial charge < -0.3 is 5.73 Å². The maximum atomic E-state index is 9.61. The van der Waals surface area contributed by atoms with E-state index in [1.165, 1.54) is 0 Å². The molecule has 0 aliphatic rings. The van der Waals surface area contributed by atoms with Crippen LogP contribution in [0.5, 0.6) is 0 Å². The summed E-state index contributed by atoms with van der Waals surface area (Å²) in [6.07, 6.45) is 0. The maximum Gasteiger partial charge on any atom is 0.142 e. The molecule has 0 atom stereocenters. The molecule has 0 bridgehead atoms. The lowest BCUT2D eigenvalue weighted by Gasteiger charge is -2.11. The molecule has 4 heteroatoms. The Morgan fingerprint density at radius 3 is 1.96 bits per heavy atom. The van der Waals surface area contributed by atoms with Gasteiger partial charge in [0.1, 0.15) is 17.5 Å². The van der Waals surface area contributed by atoms with Crippen LogP contribution in [-0.2, 0) is 0 Å². The van der Waals surface area contributed by atoms with Crippen molar-refractivity contribution >= 4 is 21.7 Å². The van der Waals surface area contributed by atoms with Crippen LogP contribution in [0.1, 0.15) is 5.56 Å². The number of anilines is 1. The number of nitrogen functional groups attached to an aromatic ring is 1. The van der Waals surface area contributed by atoms with Gasteiger partial charge in [-0.05, 0) is 34.9 Å². The second-order valence-corrected chi connectivity index (χ2v) is 7.29. The van der Waals surface area contributed by atoms with Crippen LogP contribution in [0.15, 0.2) is 89.4 Å². The van der Waals surface area contributed by atoms with E-state index in [-0.39, 0.29) is 5.82 Å². The van der Waals surface area contributed by atoms with Crippen molar-refractivity contribution in [1.82, 2.24) is 4.98 Å². The lowest BCUT2D eigenvalue weighted by atomic mass is 9.96. The van der Waals surface area contributed by atoms with Gasteiger partial charge in [0, 0.05) is 15.6 Å². The zero-order valence-corrected chi connectivity index (χ0v) is 16.5. The molecule has 3 nitrogen and oxygen atoms in total. The number of pyridine rings is 1. The zero-order chi connectivity index (χ0) is 19.5. The quantitative estimate of drug-likeness (QED) is 0.418. The number of hydrogen-bond donors (Lipinski definition) is 1. The Hall–Kier alpha value is -3.42. The normalized spacial score (nSPS) is 10.4. The number of aromatic nitrogens is 1. The van der Waals surface area contributed by atoms with Crippen LogP contribution in [0.25, 0.3) is 33.5 Å². The molecule has 0 amide bonds. The van der Waals surface area contributed by atoms with E-state index in [0.717, 1.165) is 38.0 Å². The van der Waals surface area contributed by atoms with Gasteiger partial charge in [-0.3, -0.25) is 0 Å². The number of rotatable bonds is 3. The highest BCUT2D eigenvalue weighted by Gasteiger charge is 2.13. The van der Waals surface area contributed by atoms with Crippen LogP contribution in [0.2, 0.25) is 0 Å². The minimum Gasteiger partial charge on any atom is -0.383 e. The van der Waals surface area contributed by atoms with Crippen LogP contribution in [0.4, 0.5) is 5.82 Å². The fourth-order valence-electron chi connectivity index (χ4n) is 3.15. The molecule has 0 aliphatic carbocycles. The van der Waals surface area contributed by atoms with E-state index in [0.29, 0.717) is 5.56 Å². The molecule has 134 valence electrons. The topological polar surface area (TPSA) is 62.7 Å². The highest BCUT2D eigenvalue weighted by Crippen LogP contribution is 2.32. The first-order valence-corrected chi connectivity index (χ1v) is 9.57. The SMILES string of the molecule is N#Cc1c(-c2ccc(-c3ccccc3)cc2)cc(-c2ccc(Br)cc2)nc1N. The number of halogens is 1. The van der Waals surface area contributed by atoms with Crippen LogP contribution in [0.3, 0.4) is 0 Å². The van der Waals surface area contributed by atoms with Gasteiger partial charge in [0.2, 0.25) is 0 Å². The molecule has 2 N–H and O–H groups in total. The zero-order valence-electron chi connectivity index (χ0n) is 14.9. The summed E-state index contributed by atoms with van der Waals surface area (Å²) in [5, 5.41) is 9.61. The third-order valence-corrected chi connectivity index (χ3v) is 5.13. The molecule has 4 rings (SSSR count). The van der Waals surface area contributed by atoms with Crippen LogP contribution in [-0.4, -0.2) is 4.98 Å². The van der Waals surface area contributed by atoms with E-state index >= 15 is 0 Å². The molecule has 0 unspecified atom stereocenters. The average molecular weight is 426 g/mol. The predicted octanol–water partition coefficient (Wildman–Crippen LogP) is 6.30. The lowest BCUT2D eigenvalue weighted by molar-refractivity contribution is 1.31. The largest absolute Gasteiger partial charge is 0.383 e. The van der Waals surface area contributed by atoms with Crippen molar-refractivity contribution in [2.24, 2.45) is 0 Å². The van der Waals surface area contributed by atoms with Gasteiger partial charge in [0.25, 0.3) is 0 Å². The molecule has 0 spiro atoms. The third-order valence-electron chi connectivity index (χ3n) is 4.60. The Bertz CT molecular complexity index is 1160. The molecule has 4 aromatic rings. The van der Waals surface area contributed by atoms with Crippen LogP contribution >= 0.6 is 15.9 Å². The van der Waals surface area contributed by atoms with Crippen molar-refractivity contribution in [2.45, 2.75) is 0 Å². The second-order valence-electron chi connectivity index (χ2n) is 6.38. The summed E-state index contributed by atoms with van der Waals surface area (Å²) < 4.78 is 0.995. The van der Waals surface area contributed by atoms with Gasteiger partial charge in [-0.2, -0.15) is 5.26 Å². The van der Waals surface area contributed by atoms with E-state index in [2.05, 4.69) is 51.2 Å². The molecule has 0 saturated carbocycles. The van der Waals surface area contributed by atoms with E-state index in [1.807, 2.05) is 60.7 Å². The maximum absolute atomic E-state index is 9.61. The summed E-state index contributed by atoms with van der Waals surface area (Å²) in [6.45, 7) is 0. The van der Waals surface area contributed by atoms with Gasteiger partial charge in [-0.1, -0.05) is 82.7 Å². The molecule has 0 fully saturated rings. The van der Waals surface area contributed by atoms with E-state index in [9.17, 15) is 5.26 Å². The Labute approximate surface area is 172 Å². The van der Waals surface area contributed by atoms with Crippen molar-refractivity contribution in [3.63, 3.8) is 0 Å². The molecule has 0 aliphatic heterocycles. The minimum atomic E-state index is 0.241. The lowest BCUT2D eigenvalue weighted by Crippen LogP contribution is -1.99. The summed E-state index contributed by atoms with van der Waals surface area (Å²) in [7, 11) is 0. The van der Waals surface area contributed by atoms with Crippen molar-refractivity contribution in [3.05, 3.63) is 95.0 Å².